The highest BCUT2D eigenvalue weighted by Gasteiger charge is 2.23. The lowest BCUT2D eigenvalue weighted by molar-refractivity contribution is -0.149. The summed E-state index contributed by atoms with van der Waals surface area (Å²) in [6.45, 7) is 0.370. The van der Waals surface area contributed by atoms with E-state index in [2.05, 4.69) is 0 Å². The lowest BCUT2D eigenvalue weighted by Crippen LogP contribution is -2.21. The van der Waals surface area contributed by atoms with E-state index in [0.29, 0.717) is 12.3 Å². The van der Waals surface area contributed by atoms with Crippen molar-refractivity contribution in [1.82, 2.24) is 0 Å². The Morgan fingerprint density at radius 2 is 1.68 bits per heavy atom. The first kappa shape index (κ1) is 16.0. The lowest BCUT2D eigenvalue weighted by atomic mass is 10.1. The largest absolute Gasteiger partial charge is 0.474 e. The molecule has 2 aromatic carbocycles. The molecule has 0 bridgehead atoms. The van der Waals surface area contributed by atoms with Crippen LogP contribution in [0.3, 0.4) is 0 Å². The zero-order chi connectivity index (χ0) is 15.9. The van der Waals surface area contributed by atoms with Crippen LogP contribution >= 0.6 is 0 Å². The summed E-state index contributed by atoms with van der Waals surface area (Å²) < 4.78 is 10.6. The van der Waals surface area contributed by atoms with Crippen molar-refractivity contribution in [3.8, 4) is 5.75 Å². The number of methoxy groups -OCH3 is 1. The van der Waals surface area contributed by atoms with Crippen LogP contribution in [-0.2, 0) is 9.53 Å². The summed E-state index contributed by atoms with van der Waals surface area (Å²) >= 11 is 0. The van der Waals surface area contributed by atoms with Gasteiger partial charge in [-0.25, -0.2) is 4.79 Å². The van der Waals surface area contributed by atoms with E-state index in [1.807, 2.05) is 42.5 Å². The van der Waals surface area contributed by atoms with Crippen molar-refractivity contribution in [3.63, 3.8) is 0 Å². The Hall–Kier alpha value is -2.37. The first-order valence-electron chi connectivity index (χ1n) is 7.00. The third-order valence-electron chi connectivity index (χ3n) is 3.33. The molecular formula is C17H20N2O3. The fourth-order valence-corrected chi connectivity index (χ4v) is 2.05. The second kappa shape index (κ2) is 7.59. The Labute approximate surface area is 129 Å². The minimum atomic E-state index is -0.805. The fraction of sp³-hybridized carbons (Fsp3) is 0.235. The van der Waals surface area contributed by atoms with Crippen LogP contribution in [0.15, 0.2) is 54.6 Å². The first-order chi connectivity index (χ1) is 10.7. The van der Waals surface area contributed by atoms with E-state index in [9.17, 15) is 4.79 Å². The van der Waals surface area contributed by atoms with E-state index in [1.165, 1.54) is 7.11 Å². The molecule has 0 amide bonds. The Balaban J connectivity index is 2.19. The van der Waals surface area contributed by atoms with Gasteiger partial charge < -0.3 is 20.9 Å². The smallest absolute Gasteiger partial charge is 0.351 e. The van der Waals surface area contributed by atoms with Crippen LogP contribution in [0.25, 0.3) is 0 Å². The van der Waals surface area contributed by atoms with E-state index in [4.69, 9.17) is 20.9 Å². The second-order valence-corrected chi connectivity index (χ2v) is 4.84. The number of ether oxygens (including phenoxy) is 2. The maximum absolute atomic E-state index is 12.0. The Kier molecular flexibility index (Phi) is 5.52. The van der Waals surface area contributed by atoms with E-state index in [1.54, 1.807) is 12.1 Å². The van der Waals surface area contributed by atoms with Gasteiger partial charge in [0.25, 0.3) is 0 Å². The molecular weight excluding hydrogens is 280 g/mol. The van der Waals surface area contributed by atoms with Crippen LogP contribution < -0.4 is 16.2 Å². The Morgan fingerprint density at radius 1 is 1.05 bits per heavy atom. The molecule has 0 aliphatic rings. The van der Waals surface area contributed by atoms with Gasteiger partial charge in [0.05, 0.1) is 7.11 Å². The molecule has 0 saturated heterocycles. The van der Waals surface area contributed by atoms with Crippen molar-refractivity contribution < 1.29 is 14.3 Å². The molecule has 116 valence electrons. The summed E-state index contributed by atoms with van der Waals surface area (Å²) in [5, 5.41) is 0. The zero-order valence-corrected chi connectivity index (χ0v) is 12.4. The first-order valence-corrected chi connectivity index (χ1v) is 7.00. The third-order valence-corrected chi connectivity index (χ3v) is 3.33. The average Bonchev–Trinajstić information content (AvgIpc) is 2.59. The average molecular weight is 300 g/mol. The predicted molar refractivity (Wildman–Crippen MR) is 84.3 cm³/mol. The summed E-state index contributed by atoms with van der Waals surface area (Å²) in [6.07, 6.45) is -0.805. The van der Waals surface area contributed by atoms with E-state index in [0.717, 1.165) is 11.1 Å². The van der Waals surface area contributed by atoms with Gasteiger partial charge in [0, 0.05) is 18.2 Å². The van der Waals surface area contributed by atoms with Gasteiger partial charge in [-0.05, 0) is 17.7 Å². The lowest BCUT2D eigenvalue weighted by Gasteiger charge is -2.18. The van der Waals surface area contributed by atoms with Crippen molar-refractivity contribution in [2.75, 3.05) is 13.7 Å². The van der Waals surface area contributed by atoms with Crippen molar-refractivity contribution >= 4 is 5.97 Å². The molecule has 0 aliphatic heterocycles. The van der Waals surface area contributed by atoms with Crippen LogP contribution in [-0.4, -0.2) is 19.6 Å². The van der Waals surface area contributed by atoms with Crippen LogP contribution in [0, 0.1) is 0 Å². The third kappa shape index (κ3) is 3.84. The quantitative estimate of drug-likeness (QED) is 0.796. The monoisotopic (exact) mass is 300 g/mol. The minimum absolute atomic E-state index is 0.209. The van der Waals surface area contributed by atoms with Gasteiger partial charge in [-0.2, -0.15) is 0 Å². The SMILES string of the molecule is COC(=O)C(Oc1ccc(C(N)CN)cc1)c1ccccc1. The van der Waals surface area contributed by atoms with Gasteiger partial charge in [0.2, 0.25) is 6.10 Å². The van der Waals surface area contributed by atoms with Gasteiger partial charge in [-0.1, -0.05) is 42.5 Å². The summed E-state index contributed by atoms with van der Waals surface area (Å²) in [5.41, 5.74) is 13.1. The number of hydrogen-bond donors (Lipinski definition) is 2. The highest BCUT2D eigenvalue weighted by Crippen LogP contribution is 2.24. The molecule has 2 aromatic rings. The van der Waals surface area contributed by atoms with Crippen LogP contribution in [0.5, 0.6) is 5.75 Å². The molecule has 5 heteroatoms. The molecule has 0 fully saturated rings. The van der Waals surface area contributed by atoms with E-state index < -0.39 is 12.1 Å². The van der Waals surface area contributed by atoms with Crippen molar-refractivity contribution in [2.45, 2.75) is 12.1 Å². The number of hydrogen-bond acceptors (Lipinski definition) is 5. The number of nitrogens with two attached hydrogens (primary N) is 2. The minimum Gasteiger partial charge on any atom is -0.474 e. The Morgan fingerprint density at radius 3 is 2.23 bits per heavy atom. The maximum atomic E-state index is 12.0. The van der Waals surface area contributed by atoms with Crippen molar-refractivity contribution in [1.29, 1.82) is 0 Å². The van der Waals surface area contributed by atoms with E-state index >= 15 is 0 Å². The summed E-state index contributed by atoms with van der Waals surface area (Å²) in [4.78, 5) is 12.0. The van der Waals surface area contributed by atoms with Gasteiger partial charge in [0.1, 0.15) is 5.75 Å². The highest BCUT2D eigenvalue weighted by atomic mass is 16.6. The van der Waals surface area contributed by atoms with Crippen LogP contribution in [0.1, 0.15) is 23.3 Å². The molecule has 0 aliphatic carbocycles. The van der Waals surface area contributed by atoms with Gasteiger partial charge in [-0.3, -0.25) is 0 Å². The fourth-order valence-electron chi connectivity index (χ4n) is 2.05. The maximum Gasteiger partial charge on any atom is 0.351 e. The molecule has 0 spiro atoms. The molecule has 0 radical (unpaired) electrons. The van der Waals surface area contributed by atoms with Crippen molar-refractivity contribution in [2.24, 2.45) is 11.5 Å². The molecule has 0 aromatic heterocycles. The molecule has 2 unspecified atom stereocenters. The molecule has 5 nitrogen and oxygen atoms in total. The number of benzene rings is 2. The standard InChI is InChI=1S/C17H20N2O3/c1-21-17(20)16(13-5-3-2-4-6-13)22-14-9-7-12(8-10-14)15(19)11-18/h2-10,15-16H,11,18-19H2,1H3. The summed E-state index contributed by atoms with van der Waals surface area (Å²) in [5.74, 6) is 0.112. The molecule has 2 atom stereocenters. The summed E-state index contributed by atoms with van der Waals surface area (Å²) in [7, 11) is 1.34. The zero-order valence-electron chi connectivity index (χ0n) is 12.4. The van der Waals surface area contributed by atoms with Crippen molar-refractivity contribution in [3.05, 3.63) is 65.7 Å². The molecule has 22 heavy (non-hydrogen) atoms. The topological polar surface area (TPSA) is 87.6 Å². The number of carbonyl (C=O) groups excluding carboxylic acids is 1. The van der Waals surface area contributed by atoms with Gasteiger partial charge in [-0.15, -0.1) is 0 Å². The summed E-state index contributed by atoms with van der Waals surface area (Å²) in [6, 6.07) is 16.2. The Bertz CT molecular complexity index is 599. The van der Waals surface area contributed by atoms with Gasteiger partial charge in [0.15, 0.2) is 0 Å². The number of esters is 1. The number of rotatable bonds is 6. The second-order valence-electron chi connectivity index (χ2n) is 4.84. The normalized spacial score (nSPS) is 13.2. The molecule has 0 saturated carbocycles. The van der Waals surface area contributed by atoms with E-state index in [-0.39, 0.29) is 6.04 Å². The van der Waals surface area contributed by atoms with Crippen LogP contribution in [0.2, 0.25) is 0 Å². The molecule has 4 N–H and O–H groups in total. The molecule has 2 rings (SSSR count). The highest BCUT2D eigenvalue weighted by molar-refractivity contribution is 5.76. The van der Waals surface area contributed by atoms with Gasteiger partial charge >= 0.3 is 5.97 Å². The predicted octanol–water partition coefficient (Wildman–Crippen LogP) is 1.94. The molecule has 0 heterocycles. The van der Waals surface area contributed by atoms with Crippen LogP contribution in [0.4, 0.5) is 0 Å². The number of carbonyl (C=O) groups is 1.